The van der Waals surface area contributed by atoms with E-state index >= 15 is 0 Å². The minimum Gasteiger partial charge on any atom is -0.507 e. The molecule has 4 nitrogen and oxygen atoms in total. The van der Waals surface area contributed by atoms with Gasteiger partial charge in [0.25, 0.3) is 5.89 Å². The summed E-state index contributed by atoms with van der Waals surface area (Å²) in [5.41, 5.74) is 0.594. The van der Waals surface area contributed by atoms with Gasteiger partial charge in [-0.15, -0.1) is 0 Å². The quantitative estimate of drug-likeness (QED) is 0.811. The number of hydrogen-bond donors (Lipinski definition) is 1. The molecule has 4 heteroatoms. The van der Waals surface area contributed by atoms with Crippen LogP contribution in [0.3, 0.4) is 0 Å². The number of hydrogen-bond acceptors (Lipinski definition) is 4. The highest BCUT2D eigenvalue weighted by molar-refractivity contribution is 5.61. The fraction of sp³-hybridized carbons (Fsp3) is 0.273. The standard InChI is InChI=1S/C11H10N2O2/c14-9-4-2-1-3-8(9)11-12-10(13-15-11)7-5-6-7/h1-4,7,14H,5-6H2. The SMILES string of the molecule is Oc1ccccc1-c1nc(C2CC2)no1. The topological polar surface area (TPSA) is 59.2 Å². The molecule has 0 aliphatic heterocycles. The zero-order valence-corrected chi connectivity index (χ0v) is 8.05. The summed E-state index contributed by atoms with van der Waals surface area (Å²) in [5, 5.41) is 13.5. The summed E-state index contributed by atoms with van der Waals surface area (Å²) in [6, 6.07) is 6.96. The van der Waals surface area contributed by atoms with Crippen LogP contribution in [0.15, 0.2) is 28.8 Å². The molecular weight excluding hydrogens is 192 g/mol. The molecule has 1 aromatic heterocycles. The minimum absolute atomic E-state index is 0.170. The summed E-state index contributed by atoms with van der Waals surface area (Å²) < 4.78 is 5.11. The van der Waals surface area contributed by atoms with Crippen molar-refractivity contribution in [1.29, 1.82) is 0 Å². The number of para-hydroxylation sites is 1. The summed E-state index contributed by atoms with van der Waals surface area (Å²) in [6.45, 7) is 0. The van der Waals surface area contributed by atoms with E-state index in [4.69, 9.17) is 4.52 Å². The van der Waals surface area contributed by atoms with Gasteiger partial charge in [0.1, 0.15) is 5.75 Å². The van der Waals surface area contributed by atoms with Gasteiger partial charge in [-0.2, -0.15) is 4.98 Å². The molecule has 1 heterocycles. The first-order valence-electron chi connectivity index (χ1n) is 4.96. The van der Waals surface area contributed by atoms with Crippen molar-refractivity contribution in [2.24, 2.45) is 0 Å². The third kappa shape index (κ3) is 1.48. The highest BCUT2D eigenvalue weighted by Gasteiger charge is 2.29. The van der Waals surface area contributed by atoms with Crippen molar-refractivity contribution >= 4 is 0 Å². The van der Waals surface area contributed by atoms with Crippen LogP contribution in [0.1, 0.15) is 24.6 Å². The molecule has 2 aromatic rings. The Bertz CT molecular complexity index is 489. The van der Waals surface area contributed by atoms with Crippen molar-refractivity contribution in [3.63, 3.8) is 0 Å². The fourth-order valence-electron chi connectivity index (χ4n) is 1.51. The van der Waals surface area contributed by atoms with Gasteiger partial charge in [-0.05, 0) is 25.0 Å². The highest BCUT2D eigenvalue weighted by atomic mass is 16.5. The molecule has 1 saturated carbocycles. The molecule has 1 aliphatic carbocycles. The van der Waals surface area contributed by atoms with Crippen molar-refractivity contribution in [1.82, 2.24) is 10.1 Å². The van der Waals surface area contributed by atoms with Crippen LogP contribution in [0.2, 0.25) is 0 Å². The van der Waals surface area contributed by atoms with Crippen LogP contribution in [0.5, 0.6) is 5.75 Å². The fourth-order valence-corrected chi connectivity index (χ4v) is 1.51. The molecule has 1 fully saturated rings. The molecule has 15 heavy (non-hydrogen) atoms. The van der Waals surface area contributed by atoms with E-state index in [-0.39, 0.29) is 5.75 Å². The predicted molar refractivity (Wildman–Crippen MR) is 53.4 cm³/mol. The Morgan fingerprint density at radius 2 is 2.07 bits per heavy atom. The van der Waals surface area contributed by atoms with Gasteiger partial charge in [-0.3, -0.25) is 0 Å². The molecular formula is C11H10N2O2. The Balaban J connectivity index is 2.01. The summed E-state index contributed by atoms with van der Waals surface area (Å²) in [7, 11) is 0. The maximum absolute atomic E-state index is 9.60. The Hall–Kier alpha value is -1.84. The Morgan fingerprint density at radius 3 is 2.80 bits per heavy atom. The van der Waals surface area contributed by atoms with Crippen LogP contribution in [-0.4, -0.2) is 15.2 Å². The Kier molecular flexibility index (Phi) is 1.74. The summed E-state index contributed by atoms with van der Waals surface area (Å²) in [4.78, 5) is 4.27. The number of aromatic nitrogens is 2. The van der Waals surface area contributed by atoms with Gasteiger partial charge in [0, 0.05) is 5.92 Å². The predicted octanol–water partition coefficient (Wildman–Crippen LogP) is 2.32. The highest BCUT2D eigenvalue weighted by Crippen LogP contribution is 2.39. The average Bonchev–Trinajstić information content (AvgIpc) is 2.99. The first kappa shape index (κ1) is 8.47. The summed E-state index contributed by atoms with van der Waals surface area (Å²) in [5.74, 6) is 1.79. The number of phenols is 1. The number of nitrogens with zero attached hydrogens (tertiary/aromatic N) is 2. The molecule has 1 aromatic carbocycles. The first-order chi connectivity index (χ1) is 7.34. The second-order valence-corrected chi connectivity index (χ2v) is 3.75. The molecule has 1 N–H and O–H groups in total. The second-order valence-electron chi connectivity index (χ2n) is 3.75. The third-order valence-electron chi connectivity index (χ3n) is 2.52. The molecule has 0 amide bonds. The lowest BCUT2D eigenvalue weighted by Gasteiger charge is -1.96. The van der Waals surface area contributed by atoms with E-state index < -0.39 is 0 Å². The zero-order valence-electron chi connectivity index (χ0n) is 8.05. The molecule has 1 aliphatic rings. The van der Waals surface area contributed by atoms with Gasteiger partial charge in [-0.1, -0.05) is 17.3 Å². The van der Waals surface area contributed by atoms with E-state index in [1.165, 1.54) is 0 Å². The maximum atomic E-state index is 9.60. The molecule has 76 valence electrons. The van der Waals surface area contributed by atoms with Gasteiger partial charge < -0.3 is 9.63 Å². The average molecular weight is 202 g/mol. The number of aromatic hydroxyl groups is 1. The van der Waals surface area contributed by atoms with Crippen molar-refractivity contribution in [3.8, 4) is 17.2 Å². The van der Waals surface area contributed by atoms with Crippen molar-refractivity contribution < 1.29 is 9.63 Å². The summed E-state index contributed by atoms with van der Waals surface area (Å²) in [6.07, 6.45) is 2.28. The number of rotatable bonds is 2. The largest absolute Gasteiger partial charge is 0.507 e. The van der Waals surface area contributed by atoms with E-state index in [0.29, 0.717) is 17.4 Å². The van der Waals surface area contributed by atoms with Gasteiger partial charge in [0.15, 0.2) is 5.82 Å². The third-order valence-corrected chi connectivity index (χ3v) is 2.52. The summed E-state index contributed by atoms with van der Waals surface area (Å²) >= 11 is 0. The van der Waals surface area contributed by atoms with Crippen molar-refractivity contribution in [2.75, 3.05) is 0 Å². The second kappa shape index (κ2) is 3.08. The maximum Gasteiger partial charge on any atom is 0.261 e. The van der Waals surface area contributed by atoms with Crippen molar-refractivity contribution in [3.05, 3.63) is 30.1 Å². The Labute approximate surface area is 86.6 Å². The van der Waals surface area contributed by atoms with Crippen LogP contribution < -0.4 is 0 Å². The van der Waals surface area contributed by atoms with Crippen LogP contribution in [0.4, 0.5) is 0 Å². The molecule has 0 spiro atoms. The van der Waals surface area contributed by atoms with Crippen molar-refractivity contribution in [2.45, 2.75) is 18.8 Å². The molecule has 0 unspecified atom stereocenters. The van der Waals surface area contributed by atoms with Gasteiger partial charge >= 0.3 is 0 Å². The van der Waals surface area contributed by atoms with Crippen LogP contribution in [0, 0.1) is 0 Å². The number of benzene rings is 1. The molecule has 0 atom stereocenters. The van der Waals surface area contributed by atoms with Crippen LogP contribution in [0.25, 0.3) is 11.5 Å². The first-order valence-corrected chi connectivity index (χ1v) is 4.96. The van der Waals surface area contributed by atoms with Crippen LogP contribution >= 0.6 is 0 Å². The lowest BCUT2D eigenvalue weighted by Crippen LogP contribution is -1.82. The Morgan fingerprint density at radius 1 is 1.27 bits per heavy atom. The minimum atomic E-state index is 0.170. The smallest absolute Gasteiger partial charge is 0.261 e. The lowest BCUT2D eigenvalue weighted by molar-refractivity contribution is 0.417. The number of phenolic OH excluding ortho intramolecular Hbond substituents is 1. The van der Waals surface area contributed by atoms with Gasteiger partial charge in [0.2, 0.25) is 0 Å². The van der Waals surface area contributed by atoms with E-state index in [2.05, 4.69) is 10.1 Å². The van der Waals surface area contributed by atoms with Crippen LogP contribution in [-0.2, 0) is 0 Å². The van der Waals surface area contributed by atoms with Gasteiger partial charge in [0.05, 0.1) is 5.56 Å². The van der Waals surface area contributed by atoms with E-state index in [0.717, 1.165) is 18.7 Å². The van der Waals surface area contributed by atoms with E-state index in [1.807, 2.05) is 6.07 Å². The van der Waals surface area contributed by atoms with E-state index in [9.17, 15) is 5.11 Å². The molecule has 0 saturated heterocycles. The molecule has 0 radical (unpaired) electrons. The van der Waals surface area contributed by atoms with E-state index in [1.54, 1.807) is 18.2 Å². The lowest BCUT2D eigenvalue weighted by atomic mass is 10.2. The zero-order chi connectivity index (χ0) is 10.3. The molecule has 0 bridgehead atoms. The monoisotopic (exact) mass is 202 g/mol. The molecule has 3 rings (SSSR count). The van der Waals surface area contributed by atoms with Gasteiger partial charge in [-0.25, -0.2) is 0 Å². The normalized spacial score (nSPS) is 15.5.